The van der Waals surface area contributed by atoms with Gasteiger partial charge in [-0.15, -0.1) is 0 Å². The average molecular weight is 263 g/mol. The molecule has 0 aliphatic rings. The van der Waals surface area contributed by atoms with Crippen molar-refractivity contribution in [2.24, 2.45) is 0 Å². The van der Waals surface area contributed by atoms with E-state index in [0.29, 0.717) is 17.2 Å². The molecule has 0 unspecified atom stereocenters. The van der Waals surface area contributed by atoms with Crippen LogP contribution in [0.3, 0.4) is 0 Å². The second-order valence-corrected chi connectivity index (χ2v) is 4.31. The maximum atomic E-state index is 9.77. The number of benzene rings is 2. The molecule has 0 aliphatic carbocycles. The van der Waals surface area contributed by atoms with Crippen LogP contribution >= 0.6 is 0 Å². The van der Waals surface area contributed by atoms with Gasteiger partial charge in [-0.3, -0.25) is 5.10 Å². The van der Waals surface area contributed by atoms with Crippen LogP contribution in [0.4, 0.5) is 0 Å². The largest absolute Gasteiger partial charge is 0.507 e. The SMILES string of the molecule is Oc1ccccc1-c1n[nH]c(/C=C\c2ccccc2)n1. The summed E-state index contributed by atoms with van der Waals surface area (Å²) in [5.41, 5.74) is 1.70. The first-order valence-electron chi connectivity index (χ1n) is 6.27. The minimum atomic E-state index is 0.171. The van der Waals surface area contributed by atoms with Crippen LogP contribution in [-0.2, 0) is 0 Å². The molecule has 1 aromatic heterocycles. The third-order valence-electron chi connectivity index (χ3n) is 2.88. The zero-order valence-corrected chi connectivity index (χ0v) is 10.7. The van der Waals surface area contributed by atoms with Crippen molar-refractivity contribution in [2.45, 2.75) is 0 Å². The van der Waals surface area contributed by atoms with Gasteiger partial charge in [-0.2, -0.15) is 5.10 Å². The standard InChI is InChI=1S/C16H13N3O/c20-14-9-5-4-8-13(14)16-17-15(18-19-16)11-10-12-6-2-1-3-7-12/h1-11,20H,(H,17,18,19)/b11-10-. The van der Waals surface area contributed by atoms with E-state index in [1.807, 2.05) is 48.6 Å². The van der Waals surface area contributed by atoms with Gasteiger partial charge >= 0.3 is 0 Å². The van der Waals surface area contributed by atoms with E-state index in [9.17, 15) is 5.11 Å². The summed E-state index contributed by atoms with van der Waals surface area (Å²) in [7, 11) is 0. The Bertz CT molecular complexity index is 732. The molecule has 0 spiro atoms. The number of aromatic amines is 1. The van der Waals surface area contributed by atoms with Gasteiger partial charge in [0.15, 0.2) is 5.82 Å². The van der Waals surface area contributed by atoms with Gasteiger partial charge in [0.2, 0.25) is 0 Å². The van der Waals surface area contributed by atoms with Crippen LogP contribution in [0, 0.1) is 0 Å². The summed E-state index contributed by atoms with van der Waals surface area (Å²) in [5, 5.41) is 16.7. The molecule has 1 heterocycles. The first-order valence-corrected chi connectivity index (χ1v) is 6.27. The number of hydrogen-bond donors (Lipinski definition) is 2. The molecule has 0 bridgehead atoms. The van der Waals surface area contributed by atoms with Crippen molar-refractivity contribution >= 4 is 12.2 Å². The fraction of sp³-hybridized carbons (Fsp3) is 0. The first-order chi connectivity index (χ1) is 9.83. The van der Waals surface area contributed by atoms with E-state index >= 15 is 0 Å². The topological polar surface area (TPSA) is 61.8 Å². The monoisotopic (exact) mass is 263 g/mol. The molecular weight excluding hydrogens is 250 g/mol. The van der Waals surface area contributed by atoms with Crippen molar-refractivity contribution < 1.29 is 5.11 Å². The predicted molar refractivity (Wildman–Crippen MR) is 78.9 cm³/mol. The molecule has 0 amide bonds. The van der Waals surface area contributed by atoms with Crippen LogP contribution in [0.25, 0.3) is 23.5 Å². The molecular formula is C16H13N3O. The number of nitrogens with one attached hydrogen (secondary N) is 1. The normalized spacial score (nSPS) is 11.0. The summed E-state index contributed by atoms with van der Waals surface area (Å²) >= 11 is 0. The van der Waals surface area contributed by atoms with Crippen LogP contribution in [0.5, 0.6) is 5.75 Å². The number of aromatic hydroxyl groups is 1. The van der Waals surface area contributed by atoms with Crippen molar-refractivity contribution in [1.82, 2.24) is 15.2 Å². The van der Waals surface area contributed by atoms with Crippen molar-refractivity contribution in [3.63, 3.8) is 0 Å². The van der Waals surface area contributed by atoms with Gasteiger partial charge in [-0.05, 0) is 23.8 Å². The van der Waals surface area contributed by atoms with Crippen molar-refractivity contribution in [3.05, 3.63) is 66.0 Å². The zero-order valence-electron chi connectivity index (χ0n) is 10.7. The van der Waals surface area contributed by atoms with E-state index in [0.717, 1.165) is 5.56 Å². The maximum absolute atomic E-state index is 9.77. The fourth-order valence-corrected chi connectivity index (χ4v) is 1.87. The summed E-state index contributed by atoms with van der Waals surface area (Å²) in [6.45, 7) is 0. The first kappa shape index (κ1) is 12.2. The van der Waals surface area contributed by atoms with Crippen LogP contribution in [0.2, 0.25) is 0 Å². The van der Waals surface area contributed by atoms with Crippen molar-refractivity contribution in [3.8, 4) is 17.1 Å². The summed E-state index contributed by atoms with van der Waals surface area (Å²) in [4.78, 5) is 4.34. The summed E-state index contributed by atoms with van der Waals surface area (Å²) in [6, 6.07) is 17.0. The molecule has 2 aromatic carbocycles. The molecule has 0 atom stereocenters. The van der Waals surface area contributed by atoms with Crippen molar-refractivity contribution in [2.75, 3.05) is 0 Å². The molecule has 2 N–H and O–H groups in total. The van der Waals surface area contributed by atoms with Crippen LogP contribution in [-0.4, -0.2) is 20.3 Å². The van der Waals surface area contributed by atoms with Gasteiger partial charge in [0, 0.05) is 0 Å². The molecule has 4 nitrogen and oxygen atoms in total. The fourth-order valence-electron chi connectivity index (χ4n) is 1.87. The van der Waals surface area contributed by atoms with Crippen molar-refractivity contribution in [1.29, 1.82) is 0 Å². The minimum Gasteiger partial charge on any atom is -0.507 e. The van der Waals surface area contributed by atoms with E-state index in [-0.39, 0.29) is 5.75 Å². The number of phenolic OH excluding ortho intramolecular Hbond substituents is 1. The second-order valence-electron chi connectivity index (χ2n) is 4.31. The Kier molecular flexibility index (Phi) is 3.29. The van der Waals surface area contributed by atoms with E-state index in [2.05, 4.69) is 15.2 Å². The Morgan fingerprint density at radius 3 is 2.45 bits per heavy atom. The predicted octanol–water partition coefficient (Wildman–Crippen LogP) is 3.35. The third-order valence-corrected chi connectivity index (χ3v) is 2.88. The highest BCUT2D eigenvalue weighted by atomic mass is 16.3. The Hall–Kier alpha value is -2.88. The average Bonchev–Trinajstić information content (AvgIpc) is 2.95. The van der Waals surface area contributed by atoms with Gasteiger partial charge in [-0.25, -0.2) is 4.98 Å². The van der Waals surface area contributed by atoms with E-state index in [1.54, 1.807) is 18.2 Å². The molecule has 0 radical (unpaired) electrons. The molecule has 3 rings (SSSR count). The van der Waals surface area contributed by atoms with E-state index in [1.165, 1.54) is 0 Å². The highest BCUT2D eigenvalue weighted by molar-refractivity contribution is 5.68. The number of nitrogens with zero attached hydrogens (tertiary/aromatic N) is 2. The quantitative estimate of drug-likeness (QED) is 0.761. The van der Waals surface area contributed by atoms with Gasteiger partial charge < -0.3 is 5.11 Å². The van der Waals surface area contributed by atoms with Gasteiger partial charge in [0.1, 0.15) is 11.6 Å². The Morgan fingerprint density at radius 1 is 0.900 bits per heavy atom. The lowest BCUT2D eigenvalue weighted by atomic mass is 10.2. The Morgan fingerprint density at radius 2 is 1.65 bits per heavy atom. The second kappa shape index (κ2) is 5.40. The summed E-state index contributed by atoms with van der Waals surface area (Å²) in [6.07, 6.45) is 3.81. The number of hydrogen-bond acceptors (Lipinski definition) is 3. The lowest BCUT2D eigenvalue weighted by molar-refractivity contribution is 0.477. The minimum absolute atomic E-state index is 0.171. The lowest BCUT2D eigenvalue weighted by Crippen LogP contribution is -1.81. The van der Waals surface area contributed by atoms with Gasteiger partial charge in [0.25, 0.3) is 0 Å². The number of para-hydroxylation sites is 1. The molecule has 0 fully saturated rings. The third kappa shape index (κ3) is 2.59. The Balaban J connectivity index is 1.85. The van der Waals surface area contributed by atoms with E-state index < -0.39 is 0 Å². The van der Waals surface area contributed by atoms with Crippen LogP contribution in [0.1, 0.15) is 11.4 Å². The molecule has 4 heteroatoms. The smallest absolute Gasteiger partial charge is 0.185 e. The number of H-pyrrole nitrogens is 1. The summed E-state index contributed by atoms with van der Waals surface area (Å²) < 4.78 is 0. The number of aromatic nitrogens is 3. The van der Waals surface area contributed by atoms with Crippen LogP contribution in [0.15, 0.2) is 54.6 Å². The van der Waals surface area contributed by atoms with Crippen LogP contribution < -0.4 is 0 Å². The number of phenols is 1. The molecule has 98 valence electrons. The van der Waals surface area contributed by atoms with Gasteiger partial charge in [0.05, 0.1) is 5.56 Å². The maximum Gasteiger partial charge on any atom is 0.185 e. The molecule has 0 saturated carbocycles. The number of rotatable bonds is 3. The Labute approximate surface area is 116 Å². The molecule has 0 saturated heterocycles. The lowest BCUT2D eigenvalue weighted by Gasteiger charge is -1.97. The zero-order chi connectivity index (χ0) is 13.8. The highest BCUT2D eigenvalue weighted by Crippen LogP contribution is 2.25. The molecule has 0 aliphatic heterocycles. The molecule has 3 aromatic rings. The van der Waals surface area contributed by atoms with Gasteiger partial charge in [-0.1, -0.05) is 48.5 Å². The summed E-state index contributed by atoms with van der Waals surface area (Å²) in [5.74, 6) is 1.30. The van der Waals surface area contributed by atoms with E-state index in [4.69, 9.17) is 0 Å². The highest BCUT2D eigenvalue weighted by Gasteiger charge is 2.08. The molecule has 20 heavy (non-hydrogen) atoms.